The Labute approximate surface area is 94.0 Å². The smallest absolute Gasteiger partial charge is 0.149 e. The molecule has 1 rings (SSSR count). The van der Waals surface area contributed by atoms with Crippen LogP contribution in [0.1, 0.15) is 46.5 Å². The fraction of sp³-hybridized carbons (Fsp3) is 0.923. The van der Waals surface area contributed by atoms with E-state index in [9.17, 15) is 4.79 Å². The molecular formula is C13H25NO. The van der Waals surface area contributed by atoms with Crippen LogP contribution in [0, 0.1) is 11.8 Å². The standard InChI is InChI=1S/C13H25NO/c1-4-11(5-2)9-14(6-3)10-13(15)12-7-8-12/h11-12H,4-10H2,1-3H3. The van der Waals surface area contributed by atoms with Crippen LogP contribution in [0.3, 0.4) is 0 Å². The molecule has 1 aliphatic carbocycles. The SMILES string of the molecule is CCC(CC)CN(CC)CC(=O)C1CC1. The molecule has 0 aromatic carbocycles. The molecule has 0 aromatic heterocycles. The summed E-state index contributed by atoms with van der Waals surface area (Å²) in [5, 5.41) is 0. The minimum atomic E-state index is 0.417. The van der Waals surface area contributed by atoms with E-state index in [0.717, 1.165) is 31.8 Å². The monoisotopic (exact) mass is 211 g/mol. The van der Waals surface area contributed by atoms with Gasteiger partial charge in [-0.25, -0.2) is 0 Å². The van der Waals surface area contributed by atoms with Crippen LogP contribution >= 0.6 is 0 Å². The lowest BCUT2D eigenvalue weighted by Crippen LogP contribution is -2.34. The zero-order valence-corrected chi connectivity index (χ0v) is 10.5. The summed E-state index contributed by atoms with van der Waals surface area (Å²) in [4.78, 5) is 14.0. The van der Waals surface area contributed by atoms with Crippen molar-refractivity contribution in [2.75, 3.05) is 19.6 Å². The van der Waals surface area contributed by atoms with Crippen molar-refractivity contribution >= 4 is 5.78 Å². The number of hydrogen-bond donors (Lipinski definition) is 0. The van der Waals surface area contributed by atoms with Gasteiger partial charge < -0.3 is 0 Å². The highest BCUT2D eigenvalue weighted by atomic mass is 16.1. The van der Waals surface area contributed by atoms with Crippen molar-refractivity contribution < 1.29 is 4.79 Å². The van der Waals surface area contributed by atoms with Crippen molar-refractivity contribution in [3.05, 3.63) is 0 Å². The lowest BCUT2D eigenvalue weighted by Gasteiger charge is -2.24. The van der Waals surface area contributed by atoms with E-state index in [4.69, 9.17) is 0 Å². The van der Waals surface area contributed by atoms with Gasteiger partial charge in [0.25, 0.3) is 0 Å². The number of hydrogen-bond acceptors (Lipinski definition) is 2. The summed E-state index contributed by atoms with van der Waals surface area (Å²) in [7, 11) is 0. The van der Waals surface area contributed by atoms with Crippen molar-refractivity contribution in [1.82, 2.24) is 4.90 Å². The third kappa shape index (κ3) is 4.33. The van der Waals surface area contributed by atoms with Crippen LogP contribution in [0.5, 0.6) is 0 Å². The average molecular weight is 211 g/mol. The fourth-order valence-electron chi connectivity index (χ4n) is 1.97. The molecule has 0 atom stereocenters. The van der Waals surface area contributed by atoms with Crippen molar-refractivity contribution in [2.24, 2.45) is 11.8 Å². The first kappa shape index (κ1) is 12.7. The molecule has 0 unspecified atom stereocenters. The molecule has 1 aliphatic rings. The fourth-order valence-corrected chi connectivity index (χ4v) is 1.97. The van der Waals surface area contributed by atoms with E-state index < -0.39 is 0 Å². The van der Waals surface area contributed by atoms with E-state index in [1.807, 2.05) is 0 Å². The molecule has 0 radical (unpaired) electrons. The first-order valence-corrected chi connectivity index (χ1v) is 6.46. The minimum absolute atomic E-state index is 0.417. The topological polar surface area (TPSA) is 20.3 Å². The number of carbonyl (C=O) groups excluding carboxylic acids is 1. The lowest BCUT2D eigenvalue weighted by molar-refractivity contribution is -0.121. The Morgan fingerprint density at radius 1 is 1.27 bits per heavy atom. The molecule has 88 valence electrons. The van der Waals surface area contributed by atoms with Gasteiger partial charge in [-0.1, -0.05) is 33.6 Å². The molecule has 1 saturated carbocycles. The molecule has 0 heterocycles. The van der Waals surface area contributed by atoms with E-state index in [-0.39, 0.29) is 0 Å². The molecule has 2 nitrogen and oxygen atoms in total. The number of rotatable bonds is 8. The molecule has 15 heavy (non-hydrogen) atoms. The van der Waals surface area contributed by atoms with Crippen LogP contribution in [-0.4, -0.2) is 30.3 Å². The van der Waals surface area contributed by atoms with Crippen molar-refractivity contribution in [3.63, 3.8) is 0 Å². The van der Waals surface area contributed by atoms with Gasteiger partial charge in [0.1, 0.15) is 5.78 Å². The van der Waals surface area contributed by atoms with Gasteiger partial charge in [-0.3, -0.25) is 9.69 Å². The summed E-state index contributed by atoms with van der Waals surface area (Å²) < 4.78 is 0. The lowest BCUT2D eigenvalue weighted by atomic mass is 10.0. The first-order valence-electron chi connectivity index (χ1n) is 6.46. The summed E-state index contributed by atoms with van der Waals surface area (Å²) in [5.41, 5.74) is 0. The van der Waals surface area contributed by atoms with Gasteiger partial charge in [0, 0.05) is 12.5 Å². The van der Waals surface area contributed by atoms with Gasteiger partial charge in [0.2, 0.25) is 0 Å². The van der Waals surface area contributed by atoms with E-state index in [1.54, 1.807) is 0 Å². The van der Waals surface area contributed by atoms with Crippen LogP contribution in [0.25, 0.3) is 0 Å². The summed E-state index contributed by atoms with van der Waals surface area (Å²) in [6.45, 7) is 9.44. The number of nitrogens with zero attached hydrogens (tertiary/aromatic N) is 1. The number of ketones is 1. The second-order valence-electron chi connectivity index (χ2n) is 4.75. The van der Waals surface area contributed by atoms with Crippen LogP contribution in [-0.2, 0) is 4.79 Å². The van der Waals surface area contributed by atoms with E-state index in [2.05, 4.69) is 25.7 Å². The maximum atomic E-state index is 11.7. The van der Waals surface area contributed by atoms with Gasteiger partial charge >= 0.3 is 0 Å². The average Bonchev–Trinajstić information content (AvgIpc) is 3.07. The van der Waals surface area contributed by atoms with Crippen LogP contribution in [0.2, 0.25) is 0 Å². The second kappa shape index (κ2) is 6.26. The maximum absolute atomic E-state index is 11.7. The largest absolute Gasteiger partial charge is 0.298 e. The predicted molar refractivity (Wildman–Crippen MR) is 63.9 cm³/mol. The van der Waals surface area contributed by atoms with Gasteiger partial charge in [-0.05, 0) is 25.3 Å². The number of carbonyl (C=O) groups is 1. The molecule has 2 heteroatoms. The molecule has 0 amide bonds. The molecule has 0 aromatic rings. The zero-order valence-electron chi connectivity index (χ0n) is 10.5. The van der Waals surface area contributed by atoms with Crippen molar-refractivity contribution in [2.45, 2.75) is 46.5 Å². The second-order valence-corrected chi connectivity index (χ2v) is 4.75. The molecule has 0 saturated heterocycles. The summed E-state index contributed by atoms with van der Waals surface area (Å²) in [5.74, 6) is 1.65. The van der Waals surface area contributed by atoms with Crippen LogP contribution in [0.4, 0.5) is 0 Å². The van der Waals surface area contributed by atoms with Crippen molar-refractivity contribution in [1.29, 1.82) is 0 Å². The summed E-state index contributed by atoms with van der Waals surface area (Å²) in [6, 6.07) is 0. The molecule has 1 fully saturated rings. The Kier molecular flexibility index (Phi) is 5.30. The van der Waals surface area contributed by atoms with Gasteiger partial charge in [-0.15, -0.1) is 0 Å². The van der Waals surface area contributed by atoms with Crippen molar-refractivity contribution in [3.8, 4) is 0 Å². The summed E-state index contributed by atoms with van der Waals surface area (Å²) in [6.07, 6.45) is 4.73. The predicted octanol–water partition coefficient (Wildman–Crippen LogP) is 2.72. The molecule has 0 spiro atoms. The number of Topliss-reactive ketones (excluding diaryl/α,β-unsaturated/α-hetero) is 1. The van der Waals surface area contributed by atoms with Gasteiger partial charge in [-0.2, -0.15) is 0 Å². The Morgan fingerprint density at radius 2 is 1.87 bits per heavy atom. The highest BCUT2D eigenvalue weighted by Gasteiger charge is 2.30. The quantitative estimate of drug-likeness (QED) is 0.615. The molecular weight excluding hydrogens is 186 g/mol. The van der Waals surface area contributed by atoms with E-state index in [1.165, 1.54) is 12.8 Å². The Bertz CT molecular complexity index is 195. The van der Waals surface area contributed by atoms with Gasteiger partial charge in [0.15, 0.2) is 0 Å². The van der Waals surface area contributed by atoms with E-state index in [0.29, 0.717) is 18.2 Å². The minimum Gasteiger partial charge on any atom is -0.298 e. The zero-order chi connectivity index (χ0) is 11.3. The highest BCUT2D eigenvalue weighted by molar-refractivity contribution is 5.84. The highest BCUT2D eigenvalue weighted by Crippen LogP contribution is 2.30. The first-order chi connectivity index (χ1) is 7.21. The van der Waals surface area contributed by atoms with Crippen LogP contribution < -0.4 is 0 Å². The summed E-state index contributed by atoms with van der Waals surface area (Å²) >= 11 is 0. The van der Waals surface area contributed by atoms with Crippen LogP contribution in [0.15, 0.2) is 0 Å². The third-order valence-electron chi connectivity index (χ3n) is 3.53. The maximum Gasteiger partial charge on any atom is 0.149 e. The van der Waals surface area contributed by atoms with E-state index >= 15 is 0 Å². The molecule has 0 N–H and O–H groups in total. The Morgan fingerprint density at radius 3 is 2.27 bits per heavy atom. The Balaban J connectivity index is 2.30. The normalized spacial score (nSPS) is 16.3. The van der Waals surface area contributed by atoms with Gasteiger partial charge in [0.05, 0.1) is 6.54 Å². The third-order valence-corrected chi connectivity index (χ3v) is 3.53. The Hall–Kier alpha value is -0.370. The molecule has 0 aliphatic heterocycles. The number of likely N-dealkylation sites (N-methyl/N-ethyl adjacent to an activating group) is 1. The molecule has 0 bridgehead atoms.